The normalized spacial score (nSPS) is 19.8. The summed E-state index contributed by atoms with van der Waals surface area (Å²) in [5.74, 6) is 0.178. The molecule has 1 aliphatic rings. The Bertz CT molecular complexity index is 756. The van der Waals surface area contributed by atoms with Gasteiger partial charge in [0, 0.05) is 30.9 Å². The fourth-order valence-electron chi connectivity index (χ4n) is 3.49. The number of urea groups is 1. The molecule has 2 amide bonds. The SMILES string of the molecule is Cc1cc(C)n(-c2cccc(NC(=O)N(C)CC3CCCC3O)c2)n1. The summed E-state index contributed by atoms with van der Waals surface area (Å²) in [5, 5.41) is 17.3. The number of aromatic nitrogens is 2. The van der Waals surface area contributed by atoms with E-state index in [0.717, 1.165) is 42.0 Å². The quantitative estimate of drug-likeness (QED) is 0.897. The number of nitrogens with one attached hydrogen (secondary N) is 1. The van der Waals surface area contributed by atoms with Crippen molar-refractivity contribution in [2.24, 2.45) is 5.92 Å². The van der Waals surface area contributed by atoms with Gasteiger partial charge in [0.2, 0.25) is 0 Å². The second kappa shape index (κ2) is 7.27. The number of amides is 2. The number of hydrogen-bond acceptors (Lipinski definition) is 3. The van der Waals surface area contributed by atoms with Gasteiger partial charge in [0.05, 0.1) is 17.5 Å². The largest absolute Gasteiger partial charge is 0.393 e. The Labute approximate surface area is 148 Å². The van der Waals surface area contributed by atoms with Gasteiger partial charge < -0.3 is 15.3 Å². The summed E-state index contributed by atoms with van der Waals surface area (Å²) in [4.78, 5) is 14.1. The minimum atomic E-state index is -0.287. The molecule has 6 heteroatoms. The molecule has 25 heavy (non-hydrogen) atoms. The van der Waals surface area contributed by atoms with E-state index >= 15 is 0 Å². The predicted octanol–water partition coefficient (Wildman–Crippen LogP) is 3.11. The van der Waals surface area contributed by atoms with Crippen LogP contribution in [0.15, 0.2) is 30.3 Å². The number of benzene rings is 1. The van der Waals surface area contributed by atoms with Crippen LogP contribution in [0.5, 0.6) is 0 Å². The minimum absolute atomic E-state index is 0.162. The van der Waals surface area contributed by atoms with E-state index in [9.17, 15) is 9.90 Å². The van der Waals surface area contributed by atoms with Crippen LogP contribution in [0.2, 0.25) is 0 Å². The van der Waals surface area contributed by atoms with Crippen LogP contribution in [0, 0.1) is 19.8 Å². The molecule has 2 atom stereocenters. The lowest BCUT2D eigenvalue weighted by atomic mass is 10.1. The number of carbonyl (C=O) groups is 1. The molecule has 6 nitrogen and oxygen atoms in total. The van der Waals surface area contributed by atoms with Gasteiger partial charge in [0.1, 0.15) is 0 Å². The lowest BCUT2D eigenvalue weighted by Crippen LogP contribution is -2.37. The summed E-state index contributed by atoms with van der Waals surface area (Å²) in [7, 11) is 1.77. The minimum Gasteiger partial charge on any atom is -0.393 e. The van der Waals surface area contributed by atoms with Gasteiger partial charge in [0.15, 0.2) is 0 Å². The van der Waals surface area contributed by atoms with E-state index in [1.54, 1.807) is 11.9 Å². The summed E-state index contributed by atoms with van der Waals surface area (Å²) in [6.45, 7) is 4.54. The first-order valence-corrected chi connectivity index (χ1v) is 8.78. The Hall–Kier alpha value is -2.34. The number of rotatable bonds is 4. The first kappa shape index (κ1) is 17.5. The van der Waals surface area contributed by atoms with Gasteiger partial charge in [-0.05, 0) is 51.0 Å². The molecule has 134 valence electrons. The van der Waals surface area contributed by atoms with Crippen LogP contribution in [-0.2, 0) is 0 Å². The van der Waals surface area contributed by atoms with Crippen molar-refractivity contribution in [3.63, 3.8) is 0 Å². The summed E-state index contributed by atoms with van der Waals surface area (Å²) in [5.41, 5.74) is 3.65. The molecule has 1 aliphatic carbocycles. The highest BCUT2D eigenvalue weighted by atomic mass is 16.3. The summed E-state index contributed by atoms with van der Waals surface area (Å²) in [6, 6.07) is 9.51. The fraction of sp³-hybridized carbons (Fsp3) is 0.474. The highest BCUT2D eigenvalue weighted by Crippen LogP contribution is 2.26. The van der Waals surface area contributed by atoms with Crippen molar-refractivity contribution in [3.8, 4) is 5.69 Å². The Morgan fingerprint density at radius 2 is 2.16 bits per heavy atom. The van der Waals surface area contributed by atoms with E-state index in [1.807, 2.05) is 48.9 Å². The molecule has 0 spiro atoms. The van der Waals surface area contributed by atoms with E-state index in [1.165, 1.54) is 0 Å². The molecule has 0 aliphatic heterocycles. The zero-order valence-electron chi connectivity index (χ0n) is 15.1. The lowest BCUT2D eigenvalue weighted by Gasteiger charge is -2.23. The van der Waals surface area contributed by atoms with E-state index < -0.39 is 0 Å². The first-order chi connectivity index (χ1) is 11.9. The summed E-state index contributed by atoms with van der Waals surface area (Å²) >= 11 is 0. The van der Waals surface area contributed by atoms with Gasteiger partial charge in [-0.2, -0.15) is 5.10 Å². The van der Waals surface area contributed by atoms with Gasteiger partial charge in [-0.3, -0.25) is 0 Å². The predicted molar refractivity (Wildman–Crippen MR) is 98.0 cm³/mol. The van der Waals surface area contributed by atoms with Crippen molar-refractivity contribution >= 4 is 11.7 Å². The Kier molecular flexibility index (Phi) is 5.08. The van der Waals surface area contributed by atoms with Crippen LogP contribution in [0.4, 0.5) is 10.5 Å². The number of aliphatic hydroxyl groups is 1. The molecule has 0 radical (unpaired) electrons. The topological polar surface area (TPSA) is 70.4 Å². The van der Waals surface area contributed by atoms with Crippen molar-refractivity contribution < 1.29 is 9.90 Å². The number of hydrogen-bond donors (Lipinski definition) is 2. The Balaban J connectivity index is 1.67. The maximum Gasteiger partial charge on any atom is 0.321 e. The van der Waals surface area contributed by atoms with Gasteiger partial charge in [0.25, 0.3) is 0 Å². The molecule has 0 saturated heterocycles. The summed E-state index contributed by atoms with van der Waals surface area (Å²) < 4.78 is 1.86. The number of nitrogens with zero attached hydrogens (tertiary/aromatic N) is 3. The fourth-order valence-corrected chi connectivity index (χ4v) is 3.49. The first-order valence-electron chi connectivity index (χ1n) is 8.78. The average molecular weight is 342 g/mol. The van der Waals surface area contributed by atoms with Gasteiger partial charge in [-0.25, -0.2) is 9.48 Å². The van der Waals surface area contributed by atoms with Crippen molar-refractivity contribution in [1.82, 2.24) is 14.7 Å². The smallest absolute Gasteiger partial charge is 0.321 e. The van der Waals surface area contributed by atoms with Crippen LogP contribution in [0.25, 0.3) is 5.69 Å². The maximum atomic E-state index is 12.4. The highest BCUT2D eigenvalue weighted by Gasteiger charge is 2.27. The second-order valence-electron chi connectivity index (χ2n) is 6.96. The van der Waals surface area contributed by atoms with Crippen molar-refractivity contribution in [2.45, 2.75) is 39.2 Å². The van der Waals surface area contributed by atoms with E-state index in [2.05, 4.69) is 10.4 Å². The molecule has 1 heterocycles. The number of carbonyl (C=O) groups excluding carboxylic acids is 1. The molecule has 1 aromatic carbocycles. The molecule has 1 saturated carbocycles. The van der Waals surface area contributed by atoms with E-state index in [0.29, 0.717) is 6.54 Å². The molecular formula is C19H26N4O2. The van der Waals surface area contributed by atoms with Crippen LogP contribution in [0.3, 0.4) is 0 Å². The monoisotopic (exact) mass is 342 g/mol. The lowest BCUT2D eigenvalue weighted by molar-refractivity contribution is 0.116. The zero-order chi connectivity index (χ0) is 18.0. The van der Waals surface area contributed by atoms with Gasteiger partial charge in [-0.1, -0.05) is 12.5 Å². The van der Waals surface area contributed by atoms with Crippen molar-refractivity contribution in [2.75, 3.05) is 18.9 Å². The molecule has 2 aromatic rings. The highest BCUT2D eigenvalue weighted by molar-refractivity contribution is 5.89. The second-order valence-corrected chi connectivity index (χ2v) is 6.96. The molecule has 1 fully saturated rings. The van der Waals surface area contributed by atoms with Gasteiger partial charge in [-0.15, -0.1) is 0 Å². The van der Waals surface area contributed by atoms with Crippen molar-refractivity contribution in [3.05, 3.63) is 41.7 Å². The van der Waals surface area contributed by atoms with Gasteiger partial charge >= 0.3 is 6.03 Å². The average Bonchev–Trinajstić information content (AvgIpc) is 3.12. The molecule has 2 unspecified atom stereocenters. The van der Waals surface area contributed by atoms with Crippen LogP contribution < -0.4 is 5.32 Å². The molecule has 1 aromatic heterocycles. The number of aryl methyl sites for hydroxylation is 2. The Morgan fingerprint density at radius 1 is 1.36 bits per heavy atom. The van der Waals surface area contributed by atoms with Crippen LogP contribution in [-0.4, -0.2) is 45.5 Å². The molecule has 2 N–H and O–H groups in total. The maximum absolute atomic E-state index is 12.4. The van der Waals surface area contributed by atoms with E-state index in [-0.39, 0.29) is 18.1 Å². The van der Waals surface area contributed by atoms with E-state index in [4.69, 9.17) is 0 Å². The zero-order valence-corrected chi connectivity index (χ0v) is 15.1. The number of aliphatic hydroxyl groups excluding tert-OH is 1. The summed E-state index contributed by atoms with van der Waals surface area (Å²) in [6.07, 6.45) is 2.56. The molecular weight excluding hydrogens is 316 g/mol. The van der Waals surface area contributed by atoms with Crippen molar-refractivity contribution in [1.29, 1.82) is 0 Å². The molecule has 0 bridgehead atoms. The third-order valence-corrected chi connectivity index (χ3v) is 4.83. The van der Waals surface area contributed by atoms with Crippen LogP contribution >= 0.6 is 0 Å². The van der Waals surface area contributed by atoms with Crippen LogP contribution in [0.1, 0.15) is 30.7 Å². The number of anilines is 1. The third-order valence-electron chi connectivity index (χ3n) is 4.83. The standard InChI is InChI=1S/C19H26N4O2/c1-13-10-14(2)23(21-13)17-8-5-7-16(11-17)20-19(25)22(3)12-15-6-4-9-18(15)24/h5,7-8,10-11,15,18,24H,4,6,9,12H2,1-3H3,(H,20,25). The Morgan fingerprint density at radius 3 is 2.80 bits per heavy atom. The molecule has 3 rings (SSSR count). The third kappa shape index (κ3) is 4.02.